The van der Waals surface area contributed by atoms with Gasteiger partial charge >= 0.3 is 0 Å². The average Bonchev–Trinajstić information content (AvgIpc) is 1.87. The van der Waals surface area contributed by atoms with Crippen LogP contribution in [0, 0.1) is 0 Å². The van der Waals surface area contributed by atoms with Gasteiger partial charge in [0.2, 0.25) is 0 Å². The molecule has 0 saturated carbocycles. The van der Waals surface area contributed by atoms with Gasteiger partial charge in [-0.15, -0.1) is 0 Å². The molecule has 0 radical (unpaired) electrons. The molecule has 0 spiro atoms. The second-order valence-corrected chi connectivity index (χ2v) is 3.09. The van der Waals surface area contributed by atoms with E-state index in [1.165, 1.54) is 0 Å². The standard InChI is InChI=1S/C8H19N3/c1-7(10-9-3)6-8(2)11(4)5/h8-9H,6H2,1-5H3/b10-7-. The molecule has 0 aliphatic carbocycles. The highest BCUT2D eigenvalue weighted by Crippen LogP contribution is 1.98. The summed E-state index contributed by atoms with van der Waals surface area (Å²) in [6.45, 7) is 4.23. The molecule has 0 aromatic rings. The van der Waals surface area contributed by atoms with Gasteiger partial charge < -0.3 is 10.3 Å². The highest BCUT2D eigenvalue weighted by Gasteiger charge is 2.04. The maximum absolute atomic E-state index is 4.09. The van der Waals surface area contributed by atoms with E-state index in [9.17, 15) is 0 Å². The summed E-state index contributed by atoms with van der Waals surface area (Å²) in [4.78, 5) is 2.19. The fourth-order valence-corrected chi connectivity index (χ4v) is 0.847. The van der Waals surface area contributed by atoms with Crippen LogP contribution in [0.5, 0.6) is 0 Å². The lowest BCUT2D eigenvalue weighted by Gasteiger charge is -2.18. The van der Waals surface area contributed by atoms with Gasteiger partial charge in [0.15, 0.2) is 0 Å². The topological polar surface area (TPSA) is 27.6 Å². The van der Waals surface area contributed by atoms with E-state index >= 15 is 0 Å². The van der Waals surface area contributed by atoms with Crippen LogP contribution in [0.4, 0.5) is 0 Å². The molecule has 0 saturated heterocycles. The molecule has 66 valence electrons. The van der Waals surface area contributed by atoms with Crippen molar-refractivity contribution in [1.82, 2.24) is 10.3 Å². The second-order valence-electron chi connectivity index (χ2n) is 3.09. The van der Waals surface area contributed by atoms with Crippen molar-refractivity contribution in [2.75, 3.05) is 21.1 Å². The summed E-state index contributed by atoms with van der Waals surface area (Å²) in [5.41, 5.74) is 3.93. The van der Waals surface area contributed by atoms with Crippen LogP contribution >= 0.6 is 0 Å². The zero-order valence-corrected chi connectivity index (χ0v) is 8.18. The lowest BCUT2D eigenvalue weighted by Crippen LogP contribution is -2.26. The van der Waals surface area contributed by atoms with Gasteiger partial charge in [-0.3, -0.25) is 0 Å². The Bertz CT molecular complexity index is 129. The molecule has 1 unspecified atom stereocenters. The average molecular weight is 157 g/mol. The maximum Gasteiger partial charge on any atom is 0.0362 e. The first-order valence-corrected chi connectivity index (χ1v) is 3.94. The van der Waals surface area contributed by atoms with Crippen molar-refractivity contribution < 1.29 is 0 Å². The molecule has 0 amide bonds. The monoisotopic (exact) mass is 157 g/mol. The molecule has 0 rings (SSSR count). The fraction of sp³-hybridized carbons (Fsp3) is 0.875. The first-order valence-electron chi connectivity index (χ1n) is 3.94. The number of nitrogens with one attached hydrogen (secondary N) is 1. The minimum absolute atomic E-state index is 0.562. The lowest BCUT2D eigenvalue weighted by atomic mass is 10.1. The number of rotatable bonds is 4. The van der Waals surface area contributed by atoms with Crippen molar-refractivity contribution in [3.05, 3.63) is 0 Å². The summed E-state index contributed by atoms with van der Waals surface area (Å²) >= 11 is 0. The zero-order chi connectivity index (χ0) is 8.85. The van der Waals surface area contributed by atoms with Gasteiger partial charge in [-0.05, 0) is 27.9 Å². The molecule has 11 heavy (non-hydrogen) atoms. The van der Waals surface area contributed by atoms with Gasteiger partial charge in [-0.2, -0.15) is 5.10 Å². The second kappa shape index (κ2) is 5.13. The van der Waals surface area contributed by atoms with Gasteiger partial charge in [0, 0.05) is 25.2 Å². The van der Waals surface area contributed by atoms with E-state index in [1.54, 1.807) is 0 Å². The molecule has 0 heterocycles. The largest absolute Gasteiger partial charge is 0.313 e. The summed E-state index contributed by atoms with van der Waals surface area (Å²) in [6, 6.07) is 0.562. The molecule has 1 atom stereocenters. The van der Waals surface area contributed by atoms with Gasteiger partial charge in [0.1, 0.15) is 0 Å². The van der Waals surface area contributed by atoms with E-state index in [-0.39, 0.29) is 0 Å². The van der Waals surface area contributed by atoms with Crippen LogP contribution in [0.3, 0.4) is 0 Å². The van der Waals surface area contributed by atoms with Crippen molar-refractivity contribution in [3.63, 3.8) is 0 Å². The molecule has 3 nitrogen and oxygen atoms in total. The maximum atomic E-state index is 4.09. The molecule has 1 N–H and O–H groups in total. The summed E-state index contributed by atoms with van der Waals surface area (Å²) in [5, 5.41) is 4.09. The Morgan fingerprint density at radius 3 is 2.45 bits per heavy atom. The summed E-state index contributed by atoms with van der Waals surface area (Å²) in [7, 11) is 5.98. The van der Waals surface area contributed by atoms with Crippen LogP contribution < -0.4 is 5.43 Å². The normalized spacial score (nSPS) is 15.3. The van der Waals surface area contributed by atoms with E-state index in [4.69, 9.17) is 0 Å². The number of hydrazone groups is 1. The Balaban J connectivity index is 3.75. The Morgan fingerprint density at radius 2 is 2.09 bits per heavy atom. The predicted molar refractivity (Wildman–Crippen MR) is 49.9 cm³/mol. The molecular formula is C8H19N3. The molecule has 3 heteroatoms. The van der Waals surface area contributed by atoms with Gasteiger partial charge in [0.25, 0.3) is 0 Å². The molecule has 0 aromatic heterocycles. The highest BCUT2D eigenvalue weighted by atomic mass is 15.3. The van der Waals surface area contributed by atoms with E-state index in [1.807, 2.05) is 14.0 Å². The SMILES string of the molecule is CN/N=C(/C)CC(C)N(C)C. The molecular weight excluding hydrogens is 138 g/mol. The van der Waals surface area contributed by atoms with Crippen LogP contribution in [-0.2, 0) is 0 Å². The first-order chi connectivity index (χ1) is 5.07. The number of hydrogen-bond donors (Lipinski definition) is 1. The van der Waals surface area contributed by atoms with Gasteiger partial charge in [0.05, 0.1) is 0 Å². The minimum atomic E-state index is 0.562. The summed E-state index contributed by atoms with van der Waals surface area (Å²) < 4.78 is 0. The lowest BCUT2D eigenvalue weighted by molar-refractivity contribution is 0.321. The third-order valence-electron chi connectivity index (χ3n) is 1.78. The van der Waals surface area contributed by atoms with E-state index < -0.39 is 0 Å². The third kappa shape index (κ3) is 4.79. The Morgan fingerprint density at radius 1 is 1.55 bits per heavy atom. The van der Waals surface area contributed by atoms with E-state index in [2.05, 4.69) is 36.4 Å². The quantitative estimate of drug-likeness (QED) is 0.485. The smallest absolute Gasteiger partial charge is 0.0362 e. The van der Waals surface area contributed by atoms with Crippen molar-refractivity contribution >= 4 is 5.71 Å². The predicted octanol–water partition coefficient (Wildman–Crippen LogP) is 0.922. The van der Waals surface area contributed by atoms with Crippen LogP contribution in [-0.4, -0.2) is 37.8 Å². The van der Waals surface area contributed by atoms with Crippen molar-refractivity contribution in [2.45, 2.75) is 26.3 Å². The Kier molecular flexibility index (Phi) is 4.86. The minimum Gasteiger partial charge on any atom is -0.313 e. The van der Waals surface area contributed by atoms with E-state index in [0.717, 1.165) is 12.1 Å². The van der Waals surface area contributed by atoms with Crippen LogP contribution in [0.15, 0.2) is 5.10 Å². The third-order valence-corrected chi connectivity index (χ3v) is 1.78. The van der Waals surface area contributed by atoms with Gasteiger partial charge in [-0.1, -0.05) is 0 Å². The molecule has 0 aliphatic heterocycles. The molecule has 0 bridgehead atoms. The van der Waals surface area contributed by atoms with Crippen LogP contribution in [0.1, 0.15) is 20.3 Å². The van der Waals surface area contributed by atoms with Crippen molar-refractivity contribution in [2.24, 2.45) is 5.10 Å². The zero-order valence-electron chi connectivity index (χ0n) is 8.18. The first kappa shape index (κ1) is 10.4. The summed E-state index contributed by atoms with van der Waals surface area (Å²) in [6.07, 6.45) is 1.02. The fourth-order valence-electron chi connectivity index (χ4n) is 0.847. The van der Waals surface area contributed by atoms with Crippen molar-refractivity contribution in [1.29, 1.82) is 0 Å². The van der Waals surface area contributed by atoms with E-state index in [0.29, 0.717) is 6.04 Å². The Labute approximate surface area is 69.5 Å². The Hall–Kier alpha value is -0.570. The van der Waals surface area contributed by atoms with Crippen LogP contribution in [0.2, 0.25) is 0 Å². The highest BCUT2D eigenvalue weighted by molar-refractivity contribution is 5.82. The molecule has 0 aromatic carbocycles. The number of nitrogens with zero attached hydrogens (tertiary/aromatic N) is 2. The molecule has 0 aliphatic rings. The molecule has 0 fully saturated rings. The van der Waals surface area contributed by atoms with Crippen molar-refractivity contribution in [3.8, 4) is 0 Å². The summed E-state index contributed by atoms with van der Waals surface area (Å²) in [5.74, 6) is 0. The van der Waals surface area contributed by atoms with Gasteiger partial charge in [-0.25, -0.2) is 0 Å². The number of hydrogen-bond acceptors (Lipinski definition) is 3. The van der Waals surface area contributed by atoms with Crippen LogP contribution in [0.25, 0.3) is 0 Å².